The Morgan fingerprint density at radius 1 is 1.10 bits per heavy atom. The third kappa shape index (κ3) is 2.85. The van der Waals surface area contributed by atoms with Crippen molar-refractivity contribution in [1.82, 2.24) is 4.98 Å². The molecule has 3 rings (SSSR count). The summed E-state index contributed by atoms with van der Waals surface area (Å²) in [5, 5.41) is 4.34. The van der Waals surface area contributed by atoms with E-state index in [1.165, 1.54) is 12.1 Å². The zero-order chi connectivity index (χ0) is 14.7. The summed E-state index contributed by atoms with van der Waals surface area (Å²) in [5.74, 6) is -0.271. The molecule has 0 saturated heterocycles. The number of para-hydroxylation sites is 1. The monoisotopic (exact) mass is 281 g/mol. The Morgan fingerprint density at radius 2 is 1.90 bits per heavy atom. The minimum Gasteiger partial charge on any atom is -0.377 e. The average Bonchev–Trinajstić information content (AvgIpc) is 2.52. The SMILES string of the molecule is NCC(Nc1cccc(F)c1)c1cccc2cccnc12. The highest BCUT2D eigenvalue weighted by atomic mass is 19.1. The summed E-state index contributed by atoms with van der Waals surface area (Å²) >= 11 is 0. The van der Waals surface area contributed by atoms with Crippen LogP contribution in [0.25, 0.3) is 10.9 Å². The maximum absolute atomic E-state index is 13.3. The fourth-order valence-corrected chi connectivity index (χ4v) is 2.45. The fourth-order valence-electron chi connectivity index (χ4n) is 2.45. The molecule has 0 aliphatic carbocycles. The normalized spacial score (nSPS) is 12.3. The van der Waals surface area contributed by atoms with Crippen LogP contribution in [0.3, 0.4) is 0 Å². The molecule has 1 aromatic heterocycles. The lowest BCUT2D eigenvalue weighted by Gasteiger charge is -2.20. The van der Waals surface area contributed by atoms with E-state index in [4.69, 9.17) is 5.73 Å². The Bertz CT molecular complexity index is 752. The highest BCUT2D eigenvalue weighted by molar-refractivity contribution is 5.82. The molecule has 1 atom stereocenters. The quantitative estimate of drug-likeness (QED) is 0.769. The lowest BCUT2D eigenvalue weighted by atomic mass is 10.0. The van der Waals surface area contributed by atoms with E-state index in [-0.39, 0.29) is 11.9 Å². The molecule has 3 aromatic rings. The van der Waals surface area contributed by atoms with Gasteiger partial charge in [-0.2, -0.15) is 0 Å². The van der Waals surface area contributed by atoms with Crippen molar-refractivity contribution in [2.75, 3.05) is 11.9 Å². The van der Waals surface area contributed by atoms with Crippen LogP contribution in [0.5, 0.6) is 0 Å². The van der Waals surface area contributed by atoms with Gasteiger partial charge in [0.25, 0.3) is 0 Å². The summed E-state index contributed by atoms with van der Waals surface area (Å²) in [6.45, 7) is 0.395. The molecule has 21 heavy (non-hydrogen) atoms. The van der Waals surface area contributed by atoms with Crippen LogP contribution in [0.1, 0.15) is 11.6 Å². The van der Waals surface area contributed by atoms with Crippen LogP contribution >= 0.6 is 0 Å². The number of benzene rings is 2. The number of hydrogen-bond donors (Lipinski definition) is 2. The number of nitrogens with two attached hydrogens (primary N) is 1. The van der Waals surface area contributed by atoms with Gasteiger partial charge in [-0.25, -0.2) is 4.39 Å². The van der Waals surface area contributed by atoms with Gasteiger partial charge in [-0.3, -0.25) is 4.98 Å². The second kappa shape index (κ2) is 5.89. The van der Waals surface area contributed by atoms with E-state index in [9.17, 15) is 4.39 Å². The van der Waals surface area contributed by atoms with Gasteiger partial charge in [0.2, 0.25) is 0 Å². The van der Waals surface area contributed by atoms with Crippen LogP contribution in [-0.2, 0) is 0 Å². The van der Waals surface area contributed by atoms with E-state index in [2.05, 4.69) is 10.3 Å². The van der Waals surface area contributed by atoms with Crippen molar-refractivity contribution in [2.45, 2.75) is 6.04 Å². The molecule has 106 valence electrons. The minimum atomic E-state index is -0.271. The Morgan fingerprint density at radius 3 is 2.71 bits per heavy atom. The predicted molar refractivity (Wildman–Crippen MR) is 83.6 cm³/mol. The first-order valence-corrected chi connectivity index (χ1v) is 6.84. The molecule has 0 amide bonds. The van der Waals surface area contributed by atoms with E-state index in [1.54, 1.807) is 12.3 Å². The van der Waals surface area contributed by atoms with Gasteiger partial charge in [0.05, 0.1) is 11.6 Å². The molecule has 0 saturated carbocycles. The summed E-state index contributed by atoms with van der Waals surface area (Å²) in [6, 6.07) is 16.2. The molecule has 0 radical (unpaired) electrons. The largest absolute Gasteiger partial charge is 0.377 e. The minimum absolute atomic E-state index is 0.120. The molecule has 1 unspecified atom stereocenters. The molecule has 0 spiro atoms. The molecule has 3 nitrogen and oxygen atoms in total. The summed E-state index contributed by atoms with van der Waals surface area (Å²) in [7, 11) is 0. The number of nitrogens with one attached hydrogen (secondary N) is 1. The summed E-state index contributed by atoms with van der Waals surface area (Å²) < 4.78 is 13.3. The number of halogens is 1. The van der Waals surface area contributed by atoms with Gasteiger partial charge in [0.1, 0.15) is 5.82 Å². The third-order valence-electron chi connectivity index (χ3n) is 3.44. The van der Waals surface area contributed by atoms with Crippen LogP contribution in [0, 0.1) is 5.82 Å². The van der Waals surface area contributed by atoms with Crippen molar-refractivity contribution in [3.63, 3.8) is 0 Å². The zero-order valence-electron chi connectivity index (χ0n) is 11.5. The second-order valence-corrected chi connectivity index (χ2v) is 4.87. The number of nitrogens with zero attached hydrogens (tertiary/aromatic N) is 1. The average molecular weight is 281 g/mol. The summed E-state index contributed by atoms with van der Waals surface area (Å²) in [5.41, 5.74) is 8.53. The number of hydrogen-bond acceptors (Lipinski definition) is 3. The molecule has 0 aliphatic rings. The second-order valence-electron chi connectivity index (χ2n) is 4.87. The maximum Gasteiger partial charge on any atom is 0.125 e. The molecular formula is C17H16FN3. The first-order chi connectivity index (χ1) is 10.3. The number of pyridine rings is 1. The van der Waals surface area contributed by atoms with Gasteiger partial charge in [-0.05, 0) is 24.3 Å². The van der Waals surface area contributed by atoms with Gasteiger partial charge in [-0.15, -0.1) is 0 Å². The van der Waals surface area contributed by atoms with Gasteiger partial charge >= 0.3 is 0 Å². The summed E-state index contributed by atoms with van der Waals surface area (Å²) in [4.78, 5) is 4.44. The van der Waals surface area contributed by atoms with E-state index >= 15 is 0 Å². The molecule has 3 N–H and O–H groups in total. The van der Waals surface area contributed by atoms with Crippen LogP contribution < -0.4 is 11.1 Å². The van der Waals surface area contributed by atoms with Gasteiger partial charge in [0, 0.05) is 29.4 Å². The first kappa shape index (κ1) is 13.5. The maximum atomic E-state index is 13.3. The standard InChI is InChI=1S/C17H16FN3/c18-13-6-2-7-14(10-13)21-16(11-19)15-8-1-4-12-5-3-9-20-17(12)15/h1-10,16,21H,11,19H2. The van der Waals surface area contributed by atoms with Crippen LogP contribution in [0.2, 0.25) is 0 Å². The van der Waals surface area contributed by atoms with Crippen molar-refractivity contribution in [3.05, 3.63) is 72.2 Å². The smallest absolute Gasteiger partial charge is 0.125 e. The molecule has 0 fully saturated rings. The highest BCUT2D eigenvalue weighted by Gasteiger charge is 2.13. The Labute approximate surface area is 122 Å². The van der Waals surface area contributed by atoms with Crippen molar-refractivity contribution in [1.29, 1.82) is 0 Å². The van der Waals surface area contributed by atoms with Crippen molar-refractivity contribution >= 4 is 16.6 Å². The highest BCUT2D eigenvalue weighted by Crippen LogP contribution is 2.25. The lowest BCUT2D eigenvalue weighted by Crippen LogP contribution is -2.21. The zero-order valence-corrected chi connectivity index (χ0v) is 11.5. The van der Waals surface area contributed by atoms with Gasteiger partial charge < -0.3 is 11.1 Å². The summed E-state index contributed by atoms with van der Waals surface area (Å²) in [6.07, 6.45) is 1.77. The van der Waals surface area contributed by atoms with E-state index in [0.717, 1.165) is 16.5 Å². The van der Waals surface area contributed by atoms with Crippen molar-refractivity contribution in [2.24, 2.45) is 5.73 Å². The van der Waals surface area contributed by atoms with Gasteiger partial charge in [0.15, 0.2) is 0 Å². The van der Waals surface area contributed by atoms with Crippen LogP contribution in [0.4, 0.5) is 10.1 Å². The van der Waals surface area contributed by atoms with E-state index < -0.39 is 0 Å². The molecule has 0 aliphatic heterocycles. The number of aromatic nitrogens is 1. The van der Waals surface area contributed by atoms with Crippen molar-refractivity contribution < 1.29 is 4.39 Å². The first-order valence-electron chi connectivity index (χ1n) is 6.84. The van der Waals surface area contributed by atoms with Crippen LogP contribution in [-0.4, -0.2) is 11.5 Å². The number of rotatable bonds is 4. The van der Waals surface area contributed by atoms with Crippen LogP contribution in [0.15, 0.2) is 60.8 Å². The molecule has 0 bridgehead atoms. The molecule has 1 heterocycles. The Kier molecular flexibility index (Phi) is 3.79. The van der Waals surface area contributed by atoms with E-state index in [0.29, 0.717) is 12.2 Å². The van der Waals surface area contributed by atoms with Gasteiger partial charge in [-0.1, -0.05) is 30.3 Å². The fraction of sp³-hybridized carbons (Fsp3) is 0.118. The Hall–Kier alpha value is -2.46. The number of fused-ring (bicyclic) bond motifs is 1. The lowest BCUT2D eigenvalue weighted by molar-refractivity contribution is 0.627. The number of anilines is 1. The molecule has 4 heteroatoms. The molecular weight excluding hydrogens is 265 g/mol. The topological polar surface area (TPSA) is 50.9 Å². The van der Waals surface area contributed by atoms with E-state index in [1.807, 2.05) is 36.4 Å². The molecule has 2 aromatic carbocycles. The third-order valence-corrected chi connectivity index (χ3v) is 3.44. The Balaban J connectivity index is 1.98. The predicted octanol–water partition coefficient (Wildman–Crippen LogP) is 3.49. The van der Waals surface area contributed by atoms with Crippen molar-refractivity contribution in [3.8, 4) is 0 Å².